The smallest absolute Gasteiger partial charge is 0.416 e. The van der Waals surface area contributed by atoms with Crippen LogP contribution in [0, 0.1) is 6.92 Å². The van der Waals surface area contributed by atoms with Crippen molar-refractivity contribution in [3.8, 4) is 11.5 Å². The minimum Gasteiger partial charge on any atom is -0.497 e. The van der Waals surface area contributed by atoms with E-state index in [-0.39, 0.29) is 24.4 Å². The molecular formula is C29H24F3N3O4. The maximum absolute atomic E-state index is 13.6. The van der Waals surface area contributed by atoms with E-state index in [0.29, 0.717) is 34.0 Å². The van der Waals surface area contributed by atoms with Gasteiger partial charge in [-0.05, 0) is 73.2 Å². The monoisotopic (exact) mass is 535 g/mol. The molecule has 7 nitrogen and oxygen atoms in total. The minimum atomic E-state index is -4.54. The van der Waals surface area contributed by atoms with Crippen molar-refractivity contribution in [2.75, 3.05) is 19.2 Å². The van der Waals surface area contributed by atoms with Crippen molar-refractivity contribution in [1.29, 1.82) is 0 Å². The van der Waals surface area contributed by atoms with Gasteiger partial charge >= 0.3 is 6.18 Å². The summed E-state index contributed by atoms with van der Waals surface area (Å²) in [6, 6.07) is 16.7. The SMILES string of the molecule is COc1ccc(C(=O)n2c(C)c(CC3=NN(c4cccc(C(F)(F)F)c4)C(=O)C3)c3cc(OC)ccc32)cc1. The van der Waals surface area contributed by atoms with Crippen LogP contribution in [0.5, 0.6) is 11.5 Å². The molecule has 200 valence electrons. The van der Waals surface area contributed by atoms with Crippen LogP contribution in [-0.2, 0) is 17.4 Å². The number of hydrogen-bond donors (Lipinski definition) is 0. The van der Waals surface area contributed by atoms with Crippen molar-refractivity contribution in [1.82, 2.24) is 4.57 Å². The summed E-state index contributed by atoms with van der Waals surface area (Å²) in [5, 5.41) is 6.13. The van der Waals surface area contributed by atoms with Crippen molar-refractivity contribution >= 4 is 34.1 Å². The predicted molar refractivity (Wildman–Crippen MR) is 141 cm³/mol. The lowest BCUT2D eigenvalue weighted by Gasteiger charge is -2.14. The Kier molecular flexibility index (Phi) is 6.63. The van der Waals surface area contributed by atoms with Gasteiger partial charge in [-0.15, -0.1) is 0 Å². The van der Waals surface area contributed by atoms with Gasteiger partial charge in [0.25, 0.3) is 11.8 Å². The molecule has 10 heteroatoms. The lowest BCUT2D eigenvalue weighted by molar-refractivity contribution is -0.137. The summed E-state index contributed by atoms with van der Waals surface area (Å²) in [6.45, 7) is 1.81. The zero-order valence-corrected chi connectivity index (χ0v) is 21.4. The van der Waals surface area contributed by atoms with Crippen molar-refractivity contribution in [3.05, 3.63) is 89.1 Å². The molecule has 0 bridgehead atoms. The van der Waals surface area contributed by atoms with Gasteiger partial charge in [0, 0.05) is 23.1 Å². The fourth-order valence-electron chi connectivity index (χ4n) is 4.74. The predicted octanol–water partition coefficient (Wildman–Crippen LogP) is 6.01. The van der Waals surface area contributed by atoms with Gasteiger partial charge in [0.2, 0.25) is 0 Å². The molecule has 0 unspecified atom stereocenters. The van der Waals surface area contributed by atoms with E-state index in [2.05, 4.69) is 5.10 Å². The number of amides is 1. The van der Waals surface area contributed by atoms with Gasteiger partial charge in [0.15, 0.2) is 0 Å². The first-order valence-electron chi connectivity index (χ1n) is 12.0. The van der Waals surface area contributed by atoms with Gasteiger partial charge in [-0.2, -0.15) is 18.3 Å². The Bertz CT molecular complexity index is 1620. The molecule has 39 heavy (non-hydrogen) atoms. The number of aromatic nitrogens is 1. The summed E-state index contributed by atoms with van der Waals surface area (Å²) < 4.78 is 51.8. The van der Waals surface area contributed by atoms with Crippen LogP contribution in [0.15, 0.2) is 71.8 Å². The Hall–Kier alpha value is -4.60. The number of nitrogens with zero attached hydrogens (tertiary/aromatic N) is 3. The molecule has 0 saturated carbocycles. The second-order valence-corrected chi connectivity index (χ2v) is 9.09. The summed E-state index contributed by atoms with van der Waals surface area (Å²) in [6.07, 6.45) is -4.38. The third-order valence-electron chi connectivity index (χ3n) is 6.71. The molecule has 0 atom stereocenters. The maximum Gasteiger partial charge on any atom is 0.416 e. The summed E-state index contributed by atoms with van der Waals surface area (Å²) >= 11 is 0. The molecule has 4 aromatic rings. The van der Waals surface area contributed by atoms with Gasteiger partial charge < -0.3 is 9.47 Å². The van der Waals surface area contributed by atoms with Crippen LogP contribution in [0.3, 0.4) is 0 Å². The third-order valence-corrected chi connectivity index (χ3v) is 6.71. The van der Waals surface area contributed by atoms with Crippen LogP contribution in [0.1, 0.15) is 33.6 Å². The largest absolute Gasteiger partial charge is 0.497 e. The average Bonchev–Trinajstić information content (AvgIpc) is 3.43. The normalized spacial score (nSPS) is 13.6. The van der Waals surface area contributed by atoms with Crippen molar-refractivity contribution in [2.24, 2.45) is 5.10 Å². The molecule has 3 aromatic carbocycles. The van der Waals surface area contributed by atoms with Crippen molar-refractivity contribution in [3.63, 3.8) is 0 Å². The van der Waals surface area contributed by atoms with Gasteiger partial charge in [-0.3, -0.25) is 14.2 Å². The van der Waals surface area contributed by atoms with E-state index >= 15 is 0 Å². The van der Waals surface area contributed by atoms with Crippen LogP contribution < -0.4 is 14.5 Å². The van der Waals surface area contributed by atoms with E-state index in [1.807, 2.05) is 13.0 Å². The molecule has 1 aromatic heterocycles. The highest BCUT2D eigenvalue weighted by molar-refractivity contribution is 6.14. The van der Waals surface area contributed by atoms with E-state index < -0.39 is 17.6 Å². The van der Waals surface area contributed by atoms with Crippen molar-refractivity contribution < 1.29 is 32.2 Å². The number of benzene rings is 3. The van der Waals surface area contributed by atoms with Crippen molar-refractivity contribution in [2.45, 2.75) is 25.9 Å². The number of ether oxygens (including phenoxy) is 2. The summed E-state index contributed by atoms with van der Waals surface area (Å²) in [5.74, 6) is 0.539. The van der Waals surface area contributed by atoms with E-state index in [4.69, 9.17) is 9.47 Å². The van der Waals surface area contributed by atoms with E-state index in [0.717, 1.165) is 28.1 Å². The number of carbonyl (C=O) groups is 2. The second-order valence-electron chi connectivity index (χ2n) is 9.09. The number of hydrazone groups is 1. The van der Waals surface area contributed by atoms with Crippen LogP contribution in [0.2, 0.25) is 0 Å². The van der Waals surface area contributed by atoms with Crippen LogP contribution in [0.4, 0.5) is 18.9 Å². The zero-order chi connectivity index (χ0) is 27.9. The fourth-order valence-corrected chi connectivity index (χ4v) is 4.74. The van der Waals surface area contributed by atoms with E-state index in [1.165, 1.54) is 12.1 Å². The molecule has 0 saturated heterocycles. The quantitative estimate of drug-likeness (QED) is 0.303. The number of carbonyl (C=O) groups excluding carboxylic acids is 2. The highest BCUT2D eigenvalue weighted by Crippen LogP contribution is 2.34. The lowest BCUT2D eigenvalue weighted by atomic mass is 10.0. The number of rotatable bonds is 6. The Morgan fingerprint density at radius 1 is 0.974 bits per heavy atom. The number of halogens is 3. The summed E-state index contributed by atoms with van der Waals surface area (Å²) in [4.78, 5) is 26.4. The number of anilines is 1. The zero-order valence-electron chi connectivity index (χ0n) is 21.4. The molecule has 1 aliphatic rings. The van der Waals surface area contributed by atoms with Crippen LogP contribution in [-0.4, -0.2) is 36.3 Å². The number of hydrogen-bond acceptors (Lipinski definition) is 5. The first-order chi connectivity index (χ1) is 18.6. The summed E-state index contributed by atoms with van der Waals surface area (Å²) in [7, 11) is 3.09. The fraction of sp³-hybridized carbons (Fsp3) is 0.207. The summed E-state index contributed by atoms with van der Waals surface area (Å²) in [5.41, 5.74) is 2.19. The first-order valence-corrected chi connectivity index (χ1v) is 12.0. The Balaban J connectivity index is 1.54. The van der Waals surface area contributed by atoms with E-state index in [9.17, 15) is 22.8 Å². The maximum atomic E-state index is 13.6. The molecule has 0 fully saturated rings. The second kappa shape index (κ2) is 9.94. The molecule has 2 heterocycles. The highest BCUT2D eigenvalue weighted by Gasteiger charge is 2.33. The molecule has 0 aliphatic carbocycles. The van der Waals surface area contributed by atoms with Gasteiger partial charge in [-0.1, -0.05) is 6.07 Å². The Morgan fingerprint density at radius 2 is 1.67 bits per heavy atom. The van der Waals surface area contributed by atoms with E-state index in [1.54, 1.807) is 55.2 Å². The lowest BCUT2D eigenvalue weighted by Crippen LogP contribution is -2.20. The molecule has 5 rings (SSSR count). The van der Waals surface area contributed by atoms with Gasteiger partial charge in [0.1, 0.15) is 11.5 Å². The average molecular weight is 536 g/mol. The first kappa shape index (κ1) is 26.0. The van der Waals surface area contributed by atoms with Crippen LogP contribution in [0.25, 0.3) is 10.9 Å². The molecule has 0 spiro atoms. The van der Waals surface area contributed by atoms with Gasteiger partial charge in [0.05, 0.1) is 43.1 Å². The number of alkyl halides is 3. The molecular weight excluding hydrogens is 511 g/mol. The number of fused-ring (bicyclic) bond motifs is 1. The molecule has 1 amide bonds. The standard InChI is InChI=1S/C29H24F3N3O4/c1-17-24(14-20-15-27(36)35(33-20)21-6-4-5-19(13-21)29(30,31)32)25-16-23(39-3)11-12-26(25)34(17)28(37)18-7-9-22(38-2)10-8-18/h4-13,16H,14-15H2,1-3H3. The van der Waals surface area contributed by atoms with Crippen LogP contribution >= 0.6 is 0 Å². The molecule has 1 aliphatic heterocycles. The third kappa shape index (κ3) is 4.85. The highest BCUT2D eigenvalue weighted by atomic mass is 19.4. The Morgan fingerprint density at radius 3 is 2.33 bits per heavy atom. The number of methoxy groups -OCH3 is 2. The minimum absolute atomic E-state index is 0.0420. The Labute approximate surface area is 222 Å². The molecule has 0 N–H and O–H groups in total. The van der Waals surface area contributed by atoms with Gasteiger partial charge in [-0.25, -0.2) is 5.01 Å². The molecule has 0 radical (unpaired) electrons. The topological polar surface area (TPSA) is 73.1 Å².